The van der Waals surface area contributed by atoms with Crippen LogP contribution in [0.5, 0.6) is 17.2 Å². The van der Waals surface area contributed by atoms with E-state index < -0.39 is 0 Å². The highest BCUT2D eigenvalue weighted by molar-refractivity contribution is 5.96. The zero-order valence-corrected chi connectivity index (χ0v) is 29.8. The summed E-state index contributed by atoms with van der Waals surface area (Å²) < 4.78 is 36.6. The molecular formula is C40H46FN5O5. The summed E-state index contributed by atoms with van der Waals surface area (Å²) in [6.07, 6.45) is 3.59. The molecule has 5 aromatic rings. The Labute approximate surface area is 298 Å². The number of fused-ring (bicyclic) bond motifs is 1. The number of hydrogen-bond donors (Lipinski definition) is 1. The first kappa shape index (κ1) is 34.4. The molecule has 2 saturated heterocycles. The molecule has 2 aliphatic rings. The second-order valence-electron chi connectivity index (χ2n) is 13.7. The second kappa shape index (κ2) is 14.7. The fourth-order valence-electron chi connectivity index (χ4n) is 7.84. The van der Waals surface area contributed by atoms with Crippen LogP contribution in [0.1, 0.15) is 53.1 Å². The maximum atomic E-state index is 14.1. The van der Waals surface area contributed by atoms with Crippen molar-refractivity contribution in [2.45, 2.75) is 50.6 Å². The average molecular weight is 696 g/mol. The number of aryl methyl sites for hydroxylation is 1. The van der Waals surface area contributed by atoms with E-state index in [0.29, 0.717) is 42.4 Å². The number of carbonyl (C=O) groups excluding carboxylic acids is 1. The van der Waals surface area contributed by atoms with E-state index in [2.05, 4.69) is 20.9 Å². The van der Waals surface area contributed by atoms with E-state index in [1.54, 1.807) is 33.5 Å². The minimum absolute atomic E-state index is 0.100. The van der Waals surface area contributed by atoms with Gasteiger partial charge >= 0.3 is 0 Å². The number of likely N-dealkylation sites (tertiary alicyclic amines) is 2. The zero-order valence-electron chi connectivity index (χ0n) is 29.8. The van der Waals surface area contributed by atoms with E-state index in [1.165, 1.54) is 12.1 Å². The molecule has 0 bridgehead atoms. The third kappa shape index (κ3) is 7.12. The number of nitrogens with zero attached hydrogens (tertiary/aromatic N) is 4. The number of aromatic nitrogens is 2. The van der Waals surface area contributed by atoms with Crippen LogP contribution in [-0.2, 0) is 12.0 Å². The predicted molar refractivity (Wildman–Crippen MR) is 194 cm³/mol. The summed E-state index contributed by atoms with van der Waals surface area (Å²) in [7, 11) is 4.63. The number of amides is 1. The molecule has 268 valence electrons. The van der Waals surface area contributed by atoms with Gasteiger partial charge in [0.25, 0.3) is 5.91 Å². The van der Waals surface area contributed by atoms with Crippen LogP contribution in [0.15, 0.2) is 77.2 Å². The minimum Gasteiger partial charge on any atom is -0.493 e. The number of anilines is 1. The van der Waals surface area contributed by atoms with Crippen molar-refractivity contribution in [3.05, 3.63) is 101 Å². The van der Waals surface area contributed by atoms with Gasteiger partial charge in [-0.15, -0.1) is 0 Å². The van der Waals surface area contributed by atoms with Gasteiger partial charge in [0.15, 0.2) is 11.5 Å². The number of piperidine rings is 1. The van der Waals surface area contributed by atoms with Crippen LogP contribution in [0, 0.1) is 12.7 Å². The first-order valence-electron chi connectivity index (χ1n) is 17.6. The van der Waals surface area contributed by atoms with E-state index in [-0.39, 0.29) is 23.2 Å². The molecule has 11 heteroatoms. The minimum atomic E-state index is -0.307. The van der Waals surface area contributed by atoms with Crippen LogP contribution < -0.4 is 19.1 Å². The van der Waals surface area contributed by atoms with Gasteiger partial charge in [-0.2, -0.15) is 0 Å². The van der Waals surface area contributed by atoms with Crippen molar-refractivity contribution in [2.24, 2.45) is 0 Å². The normalized spacial score (nSPS) is 18.3. The molecule has 0 aliphatic carbocycles. The Kier molecular flexibility index (Phi) is 9.90. The first-order chi connectivity index (χ1) is 24.8. The Hall–Kier alpha value is -5.03. The average Bonchev–Trinajstić information content (AvgIpc) is 3.91. The number of halogens is 1. The van der Waals surface area contributed by atoms with Crippen LogP contribution in [0.3, 0.4) is 0 Å². The fourth-order valence-corrected chi connectivity index (χ4v) is 7.84. The third-order valence-electron chi connectivity index (χ3n) is 10.7. The van der Waals surface area contributed by atoms with Crippen molar-refractivity contribution >= 4 is 22.9 Å². The van der Waals surface area contributed by atoms with Gasteiger partial charge in [0, 0.05) is 43.2 Å². The van der Waals surface area contributed by atoms with Gasteiger partial charge in [-0.3, -0.25) is 4.79 Å². The van der Waals surface area contributed by atoms with Crippen molar-refractivity contribution in [3.8, 4) is 17.2 Å². The topological polar surface area (TPSA) is 96.3 Å². The van der Waals surface area contributed by atoms with Gasteiger partial charge in [0.2, 0.25) is 11.7 Å². The quantitative estimate of drug-likeness (QED) is 0.150. The summed E-state index contributed by atoms with van der Waals surface area (Å²) in [4.78, 5) is 29.2. The van der Waals surface area contributed by atoms with Gasteiger partial charge in [-0.25, -0.2) is 9.37 Å². The molecule has 1 N–H and O–H groups in total. The maximum absolute atomic E-state index is 14.1. The molecular weight excluding hydrogens is 649 g/mol. The molecule has 1 amide bonds. The number of nitrogens with one attached hydrogen (secondary N) is 1. The molecule has 0 radical (unpaired) electrons. The SMILES string of the molecule is COc1cc(C(=O)N2CCC(CCN3CCC(N(Cc4ccc(C)o4)c4nc5ccccc5[nH]4)CC3)(c3ccc(F)cc3)C2)cc(OC)c1OC. The Morgan fingerprint density at radius 2 is 1.71 bits per heavy atom. The summed E-state index contributed by atoms with van der Waals surface area (Å²) in [5.74, 6) is 3.63. The van der Waals surface area contributed by atoms with Crippen molar-refractivity contribution in [1.82, 2.24) is 19.8 Å². The number of furan rings is 1. The molecule has 7 rings (SSSR count). The molecule has 1 atom stereocenters. The lowest BCUT2D eigenvalue weighted by Gasteiger charge is -2.39. The van der Waals surface area contributed by atoms with Gasteiger partial charge in [0.1, 0.15) is 17.3 Å². The van der Waals surface area contributed by atoms with Gasteiger partial charge < -0.3 is 38.3 Å². The number of methoxy groups -OCH3 is 3. The molecule has 51 heavy (non-hydrogen) atoms. The molecule has 2 aromatic heterocycles. The smallest absolute Gasteiger partial charge is 0.254 e. The lowest BCUT2D eigenvalue weighted by atomic mass is 9.76. The highest BCUT2D eigenvalue weighted by Gasteiger charge is 2.42. The number of imidazole rings is 1. The van der Waals surface area contributed by atoms with E-state index in [0.717, 1.165) is 79.4 Å². The van der Waals surface area contributed by atoms with Crippen molar-refractivity contribution in [1.29, 1.82) is 0 Å². The highest BCUT2D eigenvalue weighted by atomic mass is 19.1. The Morgan fingerprint density at radius 3 is 2.35 bits per heavy atom. The largest absolute Gasteiger partial charge is 0.493 e. The lowest BCUT2D eigenvalue weighted by Crippen LogP contribution is -2.46. The van der Waals surface area contributed by atoms with Crippen LogP contribution in [0.25, 0.3) is 11.0 Å². The monoisotopic (exact) mass is 695 g/mol. The lowest BCUT2D eigenvalue weighted by molar-refractivity contribution is 0.0779. The highest BCUT2D eigenvalue weighted by Crippen LogP contribution is 2.42. The molecule has 0 spiro atoms. The molecule has 3 aromatic carbocycles. The summed E-state index contributed by atoms with van der Waals surface area (Å²) in [5.41, 5.74) is 3.19. The summed E-state index contributed by atoms with van der Waals surface area (Å²) in [6, 6.07) is 22.7. The zero-order chi connectivity index (χ0) is 35.5. The molecule has 0 saturated carbocycles. The fraction of sp³-hybridized carbons (Fsp3) is 0.400. The van der Waals surface area contributed by atoms with Gasteiger partial charge in [-0.05, 0) is 93.2 Å². The number of rotatable bonds is 12. The van der Waals surface area contributed by atoms with Gasteiger partial charge in [-0.1, -0.05) is 24.3 Å². The van der Waals surface area contributed by atoms with E-state index >= 15 is 0 Å². The van der Waals surface area contributed by atoms with Gasteiger partial charge in [0.05, 0.1) is 38.9 Å². The third-order valence-corrected chi connectivity index (χ3v) is 10.7. The summed E-state index contributed by atoms with van der Waals surface area (Å²) in [6.45, 7) is 6.48. The molecule has 4 heterocycles. The Morgan fingerprint density at radius 1 is 0.980 bits per heavy atom. The molecule has 1 unspecified atom stereocenters. The second-order valence-corrected chi connectivity index (χ2v) is 13.7. The maximum Gasteiger partial charge on any atom is 0.254 e. The number of H-pyrrole nitrogens is 1. The standard InChI is InChI=1S/C40H46FN5O5/c1-27-9-14-32(51-27)25-46(39-42-33-7-5-6-8-34(33)43-39)31-15-19-44(20-16-31)21-17-40(29-10-12-30(41)13-11-29)18-22-45(26-40)38(47)28-23-35(48-2)37(50-4)36(24-28)49-3/h5-14,23-24,31H,15-22,25-26H2,1-4H3,(H,42,43). The number of para-hydroxylation sites is 2. The Balaban J connectivity index is 1.06. The number of aromatic amines is 1. The van der Waals surface area contributed by atoms with Crippen LogP contribution in [0.2, 0.25) is 0 Å². The van der Waals surface area contributed by atoms with E-state index in [1.807, 2.05) is 54.3 Å². The number of benzene rings is 3. The summed E-state index contributed by atoms with van der Waals surface area (Å²) >= 11 is 0. The van der Waals surface area contributed by atoms with Crippen molar-refractivity contribution in [3.63, 3.8) is 0 Å². The number of hydrogen-bond acceptors (Lipinski definition) is 8. The molecule has 2 aliphatic heterocycles. The Bertz CT molecular complexity index is 1910. The van der Waals surface area contributed by atoms with Crippen LogP contribution >= 0.6 is 0 Å². The van der Waals surface area contributed by atoms with E-state index in [9.17, 15) is 9.18 Å². The van der Waals surface area contributed by atoms with Crippen LogP contribution in [0.4, 0.5) is 10.3 Å². The number of carbonyl (C=O) groups is 1. The van der Waals surface area contributed by atoms with Crippen LogP contribution in [-0.4, -0.2) is 85.8 Å². The van der Waals surface area contributed by atoms with Crippen molar-refractivity contribution in [2.75, 3.05) is 59.0 Å². The van der Waals surface area contributed by atoms with Crippen molar-refractivity contribution < 1.29 is 27.8 Å². The number of ether oxygens (including phenoxy) is 3. The summed E-state index contributed by atoms with van der Waals surface area (Å²) in [5, 5.41) is 0. The van der Waals surface area contributed by atoms with E-state index in [4.69, 9.17) is 23.6 Å². The predicted octanol–water partition coefficient (Wildman–Crippen LogP) is 6.97. The first-order valence-corrected chi connectivity index (χ1v) is 17.6. The molecule has 10 nitrogen and oxygen atoms in total. The molecule has 2 fully saturated rings.